The number of nitrogens with zero attached hydrogens (tertiary/aromatic N) is 2. The third-order valence-corrected chi connectivity index (χ3v) is 2.67. The smallest absolute Gasteiger partial charge is 0.335 e. The van der Waals surface area contributed by atoms with Crippen molar-refractivity contribution in [2.75, 3.05) is 0 Å². The minimum atomic E-state index is -0.919. The van der Waals surface area contributed by atoms with Crippen molar-refractivity contribution < 1.29 is 14.6 Å². The number of carboxylic acids is 1. The van der Waals surface area contributed by atoms with E-state index in [0.29, 0.717) is 12.4 Å². The molecule has 1 aromatic carbocycles. The SMILES string of the molecule is Cc1cc(C(=O)O)ccc1COc1cnn(C)c1. The average molecular weight is 246 g/mol. The number of hydrogen-bond donors (Lipinski definition) is 1. The Morgan fingerprint density at radius 2 is 2.28 bits per heavy atom. The molecule has 1 N–H and O–H groups in total. The summed E-state index contributed by atoms with van der Waals surface area (Å²) in [5.74, 6) is -0.225. The molecule has 2 rings (SSSR count). The van der Waals surface area contributed by atoms with Crippen LogP contribution in [0.15, 0.2) is 30.6 Å². The van der Waals surface area contributed by atoms with Crippen LogP contribution in [0.25, 0.3) is 0 Å². The molecule has 18 heavy (non-hydrogen) atoms. The number of carboxylic acid groups (broad SMARTS) is 1. The monoisotopic (exact) mass is 246 g/mol. The second kappa shape index (κ2) is 4.91. The molecule has 0 amide bonds. The first-order valence-electron chi connectivity index (χ1n) is 5.50. The Hall–Kier alpha value is -2.30. The maximum Gasteiger partial charge on any atom is 0.335 e. The second-order valence-electron chi connectivity index (χ2n) is 4.08. The molecule has 0 atom stereocenters. The normalized spacial score (nSPS) is 10.3. The van der Waals surface area contributed by atoms with E-state index in [1.54, 1.807) is 35.3 Å². The number of aromatic carboxylic acids is 1. The highest BCUT2D eigenvalue weighted by Crippen LogP contribution is 2.15. The zero-order chi connectivity index (χ0) is 13.1. The van der Waals surface area contributed by atoms with Crippen LogP contribution in [0, 0.1) is 6.92 Å². The number of aryl methyl sites for hydroxylation is 2. The van der Waals surface area contributed by atoms with E-state index in [4.69, 9.17) is 9.84 Å². The standard InChI is InChI=1S/C13H14N2O3/c1-9-5-10(13(16)17)3-4-11(9)8-18-12-6-14-15(2)7-12/h3-7H,8H2,1-2H3,(H,16,17). The number of hydrogen-bond acceptors (Lipinski definition) is 3. The molecule has 0 saturated carbocycles. The van der Waals surface area contributed by atoms with E-state index in [0.717, 1.165) is 11.1 Å². The van der Waals surface area contributed by atoms with Crippen molar-refractivity contribution in [1.82, 2.24) is 9.78 Å². The van der Waals surface area contributed by atoms with E-state index in [1.165, 1.54) is 0 Å². The highest BCUT2D eigenvalue weighted by atomic mass is 16.5. The van der Waals surface area contributed by atoms with Gasteiger partial charge in [-0.3, -0.25) is 4.68 Å². The van der Waals surface area contributed by atoms with Crippen molar-refractivity contribution in [3.8, 4) is 5.75 Å². The Balaban J connectivity index is 2.08. The molecule has 0 radical (unpaired) electrons. The Bertz CT molecular complexity index is 575. The van der Waals surface area contributed by atoms with Crippen molar-refractivity contribution in [2.45, 2.75) is 13.5 Å². The van der Waals surface area contributed by atoms with Crippen LogP contribution in [0.2, 0.25) is 0 Å². The van der Waals surface area contributed by atoms with Crippen molar-refractivity contribution in [2.24, 2.45) is 7.05 Å². The van der Waals surface area contributed by atoms with E-state index in [1.807, 2.05) is 14.0 Å². The van der Waals surface area contributed by atoms with Gasteiger partial charge in [-0.15, -0.1) is 0 Å². The zero-order valence-corrected chi connectivity index (χ0v) is 10.3. The molecule has 0 fully saturated rings. The summed E-state index contributed by atoms with van der Waals surface area (Å²) in [6, 6.07) is 5.00. The molecule has 0 aliphatic carbocycles. The lowest BCUT2D eigenvalue weighted by Crippen LogP contribution is -2.01. The summed E-state index contributed by atoms with van der Waals surface area (Å²) < 4.78 is 7.23. The first-order valence-corrected chi connectivity index (χ1v) is 5.50. The Labute approximate surface area is 105 Å². The summed E-state index contributed by atoms with van der Waals surface area (Å²) in [7, 11) is 1.82. The molecule has 0 bridgehead atoms. The molecule has 0 aliphatic rings. The minimum Gasteiger partial charge on any atom is -0.486 e. The van der Waals surface area contributed by atoms with E-state index in [-0.39, 0.29) is 5.56 Å². The fourth-order valence-corrected chi connectivity index (χ4v) is 1.63. The summed E-state index contributed by atoms with van der Waals surface area (Å²) in [5, 5.41) is 12.9. The lowest BCUT2D eigenvalue weighted by atomic mass is 10.1. The number of carbonyl (C=O) groups is 1. The Kier molecular flexibility index (Phi) is 3.32. The van der Waals surface area contributed by atoms with Gasteiger partial charge in [0.1, 0.15) is 6.61 Å². The fraction of sp³-hybridized carbons (Fsp3) is 0.231. The largest absolute Gasteiger partial charge is 0.486 e. The summed E-state index contributed by atoms with van der Waals surface area (Å²) in [6.07, 6.45) is 3.42. The quantitative estimate of drug-likeness (QED) is 0.896. The first kappa shape index (κ1) is 12.2. The third-order valence-electron chi connectivity index (χ3n) is 2.67. The lowest BCUT2D eigenvalue weighted by Gasteiger charge is -2.07. The minimum absolute atomic E-state index is 0.289. The van der Waals surface area contributed by atoms with Gasteiger partial charge < -0.3 is 9.84 Å². The lowest BCUT2D eigenvalue weighted by molar-refractivity contribution is 0.0696. The topological polar surface area (TPSA) is 64.3 Å². The molecule has 0 aliphatic heterocycles. The molecule has 0 spiro atoms. The van der Waals surface area contributed by atoms with Crippen LogP contribution in [0.4, 0.5) is 0 Å². The van der Waals surface area contributed by atoms with Gasteiger partial charge in [-0.05, 0) is 30.2 Å². The molecule has 1 aromatic heterocycles. The van der Waals surface area contributed by atoms with Crippen LogP contribution in [-0.2, 0) is 13.7 Å². The van der Waals surface area contributed by atoms with Gasteiger partial charge in [0.2, 0.25) is 0 Å². The zero-order valence-electron chi connectivity index (χ0n) is 10.3. The molecule has 0 unspecified atom stereocenters. The fourth-order valence-electron chi connectivity index (χ4n) is 1.63. The predicted octanol–water partition coefficient (Wildman–Crippen LogP) is 2.01. The number of ether oxygens (including phenoxy) is 1. The third kappa shape index (κ3) is 2.68. The predicted molar refractivity (Wildman–Crippen MR) is 65.7 cm³/mol. The van der Waals surface area contributed by atoms with Gasteiger partial charge in [0.05, 0.1) is 18.0 Å². The number of benzene rings is 1. The van der Waals surface area contributed by atoms with Crippen LogP contribution in [0.5, 0.6) is 5.75 Å². The van der Waals surface area contributed by atoms with Crippen molar-refractivity contribution in [1.29, 1.82) is 0 Å². The van der Waals surface area contributed by atoms with E-state index in [2.05, 4.69) is 5.10 Å². The highest BCUT2D eigenvalue weighted by Gasteiger charge is 2.06. The van der Waals surface area contributed by atoms with Crippen LogP contribution in [-0.4, -0.2) is 20.9 Å². The first-order chi connectivity index (χ1) is 8.56. The van der Waals surface area contributed by atoms with E-state index in [9.17, 15) is 4.79 Å². The molecule has 5 nitrogen and oxygen atoms in total. The maximum atomic E-state index is 10.8. The van der Waals surface area contributed by atoms with Gasteiger partial charge in [-0.2, -0.15) is 5.10 Å². The van der Waals surface area contributed by atoms with Gasteiger partial charge >= 0.3 is 5.97 Å². The maximum absolute atomic E-state index is 10.8. The molecular formula is C13H14N2O3. The van der Waals surface area contributed by atoms with Crippen molar-refractivity contribution in [3.63, 3.8) is 0 Å². The van der Waals surface area contributed by atoms with Crippen molar-refractivity contribution in [3.05, 3.63) is 47.3 Å². The van der Waals surface area contributed by atoms with Gasteiger partial charge in [-0.25, -0.2) is 4.79 Å². The van der Waals surface area contributed by atoms with Gasteiger partial charge in [0.15, 0.2) is 5.75 Å². The average Bonchev–Trinajstić information content (AvgIpc) is 2.73. The number of rotatable bonds is 4. The van der Waals surface area contributed by atoms with Crippen molar-refractivity contribution >= 4 is 5.97 Å². The van der Waals surface area contributed by atoms with Gasteiger partial charge in [0.25, 0.3) is 0 Å². The summed E-state index contributed by atoms with van der Waals surface area (Å²) in [5.41, 5.74) is 2.15. The number of aromatic nitrogens is 2. The molecule has 5 heteroatoms. The second-order valence-corrected chi connectivity index (χ2v) is 4.08. The van der Waals surface area contributed by atoms with Gasteiger partial charge in [0, 0.05) is 7.05 Å². The van der Waals surface area contributed by atoms with E-state index >= 15 is 0 Å². The van der Waals surface area contributed by atoms with Crippen LogP contribution in [0.1, 0.15) is 21.5 Å². The van der Waals surface area contributed by atoms with Crippen LogP contribution < -0.4 is 4.74 Å². The summed E-state index contributed by atoms with van der Waals surface area (Å²) in [4.78, 5) is 10.8. The molecule has 94 valence electrons. The molecule has 2 aromatic rings. The molecule has 0 saturated heterocycles. The highest BCUT2D eigenvalue weighted by molar-refractivity contribution is 5.87. The Morgan fingerprint density at radius 1 is 1.50 bits per heavy atom. The van der Waals surface area contributed by atoms with Crippen LogP contribution in [0.3, 0.4) is 0 Å². The molecule has 1 heterocycles. The summed E-state index contributed by atoms with van der Waals surface area (Å²) >= 11 is 0. The Morgan fingerprint density at radius 3 is 2.83 bits per heavy atom. The van der Waals surface area contributed by atoms with Gasteiger partial charge in [-0.1, -0.05) is 6.07 Å². The molecular weight excluding hydrogens is 232 g/mol. The summed E-state index contributed by atoms with van der Waals surface area (Å²) in [6.45, 7) is 2.27. The van der Waals surface area contributed by atoms with E-state index < -0.39 is 5.97 Å². The van der Waals surface area contributed by atoms with Crippen LogP contribution >= 0.6 is 0 Å².